The molecule has 0 aromatic heterocycles. The lowest BCUT2D eigenvalue weighted by Crippen LogP contribution is -2.27. The normalized spacial score (nSPS) is 14.6. The van der Waals surface area contributed by atoms with Gasteiger partial charge in [-0.2, -0.15) is 0 Å². The van der Waals surface area contributed by atoms with Gasteiger partial charge in [0.15, 0.2) is 0 Å². The lowest BCUT2D eigenvalue weighted by molar-refractivity contribution is 0.107. The Labute approximate surface area is 226 Å². The van der Waals surface area contributed by atoms with Crippen molar-refractivity contribution in [2.24, 2.45) is 0 Å². The Morgan fingerprint density at radius 2 is 1.30 bits per heavy atom. The lowest BCUT2D eigenvalue weighted by Gasteiger charge is -2.21. The first-order valence-corrected chi connectivity index (χ1v) is 15.9. The second-order valence-electron chi connectivity index (χ2n) is 9.44. The van der Waals surface area contributed by atoms with Crippen molar-refractivity contribution >= 4 is 31.1 Å². The van der Waals surface area contributed by atoms with Gasteiger partial charge >= 0.3 is 9.53 Å². The molecule has 1 aliphatic rings. The number of hydrogen-bond donors (Lipinski definition) is 0. The minimum absolute atomic E-state index is 0.673. The van der Waals surface area contributed by atoms with Crippen molar-refractivity contribution in [3.63, 3.8) is 0 Å². The van der Waals surface area contributed by atoms with Gasteiger partial charge in [-0.3, -0.25) is 0 Å². The van der Waals surface area contributed by atoms with Crippen molar-refractivity contribution in [2.45, 2.75) is 98.6 Å². The third-order valence-corrected chi connectivity index (χ3v) is 8.48. The molecule has 3 nitrogen and oxygen atoms in total. The molecule has 0 saturated carbocycles. The van der Waals surface area contributed by atoms with E-state index in [-0.39, 0.29) is 0 Å². The van der Waals surface area contributed by atoms with Crippen molar-refractivity contribution in [3.8, 4) is 0 Å². The zero-order valence-electron chi connectivity index (χ0n) is 23.9. The largest absolute Gasteiger partial charge is 0.484 e. The molecule has 0 aliphatic heterocycles. The molecule has 3 aromatic carbocycles. The van der Waals surface area contributed by atoms with E-state index < -0.39 is 15.7 Å². The number of hydrogen-bond acceptors (Lipinski definition) is 3. The molecule has 5 heteroatoms. The fourth-order valence-corrected chi connectivity index (χ4v) is 5.86. The van der Waals surface area contributed by atoms with E-state index in [1.54, 1.807) is 0 Å². The molecular formula is C32H49FO3Si. The number of benzene rings is 3. The molecule has 37 heavy (non-hydrogen) atoms. The maximum atomic E-state index is 14.0. The molecule has 1 aliphatic carbocycles. The summed E-state index contributed by atoms with van der Waals surface area (Å²) >= 11 is 0. The van der Waals surface area contributed by atoms with E-state index in [0.29, 0.717) is 26.2 Å². The van der Waals surface area contributed by atoms with Gasteiger partial charge in [0.25, 0.3) is 0 Å². The van der Waals surface area contributed by atoms with Crippen molar-refractivity contribution in [3.05, 3.63) is 59.7 Å². The summed E-state index contributed by atoms with van der Waals surface area (Å²) in [4.78, 5) is 0. The summed E-state index contributed by atoms with van der Waals surface area (Å²) in [5.74, 6) is 0. The van der Waals surface area contributed by atoms with Gasteiger partial charge in [0.1, 0.15) is 6.17 Å². The Morgan fingerprint density at radius 1 is 0.703 bits per heavy atom. The van der Waals surface area contributed by atoms with Gasteiger partial charge in [-0.15, -0.1) is 0 Å². The van der Waals surface area contributed by atoms with E-state index in [1.807, 2.05) is 26.8 Å². The Bertz CT molecular complexity index is 1010. The second-order valence-corrected chi connectivity index (χ2v) is 11.0. The van der Waals surface area contributed by atoms with E-state index in [4.69, 9.17) is 13.3 Å². The Balaban J connectivity index is 0.000000228. The zero-order chi connectivity index (χ0) is 26.9. The van der Waals surface area contributed by atoms with Crippen LogP contribution in [-0.4, -0.2) is 29.3 Å². The topological polar surface area (TPSA) is 27.7 Å². The maximum Gasteiger partial charge on any atom is 0.484 e. The molecule has 0 N–H and O–H groups in total. The molecule has 0 radical (unpaired) electrons. The molecule has 0 bridgehead atoms. The van der Waals surface area contributed by atoms with Crippen LogP contribution in [0.25, 0.3) is 21.5 Å². The summed E-state index contributed by atoms with van der Waals surface area (Å²) in [7, 11) is -1.73. The maximum absolute atomic E-state index is 14.0. The summed E-state index contributed by atoms with van der Waals surface area (Å²) in [5, 5.41) is 5.01. The van der Waals surface area contributed by atoms with Crippen molar-refractivity contribution in [1.29, 1.82) is 0 Å². The summed E-state index contributed by atoms with van der Waals surface area (Å²) in [6, 6.07) is 16.8. The van der Waals surface area contributed by atoms with Gasteiger partial charge in [-0.1, -0.05) is 101 Å². The summed E-state index contributed by atoms with van der Waals surface area (Å²) in [6.45, 7) is 12.4. The quantitative estimate of drug-likeness (QED) is 0.141. The highest BCUT2D eigenvalue weighted by Gasteiger charge is 2.21. The molecule has 4 rings (SSSR count). The number of unbranched alkanes of at least 4 members (excludes halogenated alkanes) is 5. The molecule has 0 heterocycles. The van der Waals surface area contributed by atoms with Gasteiger partial charge in [0.05, 0.1) is 0 Å². The van der Waals surface area contributed by atoms with Crippen LogP contribution in [0.15, 0.2) is 48.5 Å². The van der Waals surface area contributed by atoms with Crippen LogP contribution in [0.5, 0.6) is 0 Å². The van der Waals surface area contributed by atoms with E-state index in [0.717, 1.165) is 18.4 Å². The Morgan fingerprint density at radius 3 is 1.89 bits per heavy atom. The smallest absolute Gasteiger partial charge is 0.376 e. The van der Waals surface area contributed by atoms with Crippen LogP contribution in [-0.2, 0) is 19.7 Å². The number of alkyl halides is 1. The van der Waals surface area contributed by atoms with E-state index in [1.165, 1.54) is 65.6 Å². The van der Waals surface area contributed by atoms with Crippen LogP contribution in [0, 0.1) is 0 Å². The van der Waals surface area contributed by atoms with Crippen LogP contribution in [0.2, 0.25) is 0 Å². The van der Waals surface area contributed by atoms with Gasteiger partial charge in [0.2, 0.25) is 0 Å². The van der Waals surface area contributed by atoms with Crippen LogP contribution in [0.4, 0.5) is 4.39 Å². The van der Waals surface area contributed by atoms with Crippen LogP contribution >= 0.6 is 0 Å². The molecule has 0 spiro atoms. The predicted molar refractivity (Wildman–Crippen MR) is 159 cm³/mol. The predicted octanol–water partition coefficient (Wildman–Crippen LogP) is 9.52. The van der Waals surface area contributed by atoms with Gasteiger partial charge in [-0.05, 0) is 72.7 Å². The average Bonchev–Trinajstić information content (AvgIpc) is 2.92. The molecule has 1 unspecified atom stereocenters. The number of fused-ring (bicyclic) bond motifs is 5. The van der Waals surface area contributed by atoms with Gasteiger partial charge in [-0.25, -0.2) is 4.39 Å². The first-order valence-electron chi connectivity index (χ1n) is 14.5. The highest BCUT2D eigenvalue weighted by atomic mass is 28.3. The molecular weight excluding hydrogens is 479 g/mol. The first-order chi connectivity index (χ1) is 18.1. The second kappa shape index (κ2) is 18.5. The Hall–Kier alpha value is -1.79. The molecule has 206 valence electrons. The third-order valence-electron chi connectivity index (χ3n) is 6.66. The fraction of sp³-hybridized carbons (Fsp3) is 0.562. The summed E-state index contributed by atoms with van der Waals surface area (Å²) < 4.78 is 29.7. The molecule has 1 atom stereocenters. The Kier molecular flexibility index (Phi) is 15.7. The monoisotopic (exact) mass is 528 g/mol. The summed E-state index contributed by atoms with van der Waals surface area (Å²) in [6.07, 6.45) is 10.3. The van der Waals surface area contributed by atoms with Crippen molar-refractivity contribution in [2.75, 3.05) is 19.8 Å². The SMILES string of the molecule is CCCCCCCC.CCO[SiH](OCC)OCC.FC1CCCc2c1ccc1c2ccc2ccccc21. The number of halogens is 1. The minimum Gasteiger partial charge on any atom is -0.376 e. The third kappa shape index (κ3) is 10.1. The highest BCUT2D eigenvalue weighted by molar-refractivity contribution is 6.36. The average molecular weight is 529 g/mol. The van der Waals surface area contributed by atoms with E-state index in [9.17, 15) is 4.39 Å². The lowest BCUT2D eigenvalue weighted by atomic mass is 9.85. The zero-order valence-corrected chi connectivity index (χ0v) is 25.0. The molecule has 0 fully saturated rings. The summed E-state index contributed by atoms with van der Waals surface area (Å²) in [5.41, 5.74) is 2.14. The van der Waals surface area contributed by atoms with Crippen LogP contribution in [0.3, 0.4) is 0 Å². The molecule has 3 aromatic rings. The fourth-order valence-electron chi connectivity index (χ4n) is 4.76. The minimum atomic E-state index is -1.73. The van der Waals surface area contributed by atoms with E-state index in [2.05, 4.69) is 56.3 Å². The molecule has 0 saturated heterocycles. The van der Waals surface area contributed by atoms with E-state index >= 15 is 0 Å². The van der Waals surface area contributed by atoms with Crippen LogP contribution in [0.1, 0.15) is 103 Å². The van der Waals surface area contributed by atoms with Crippen molar-refractivity contribution in [1.82, 2.24) is 0 Å². The number of rotatable bonds is 11. The standard InChI is InChI=1S/C18H15F.C8H18.C6H16O3Si/c19-18-7-3-6-14-16-9-8-12-4-1-2-5-13(12)15(16)10-11-17(14)18;1-3-5-7-8-6-4-2;1-4-7-10(8-5-2)9-6-3/h1-2,4-5,8-11,18H,3,6-7H2;3-8H2,1-2H3;10H,4-6H2,1-3H3. The number of aryl methyl sites for hydroxylation is 1. The van der Waals surface area contributed by atoms with Gasteiger partial charge < -0.3 is 13.3 Å². The van der Waals surface area contributed by atoms with Crippen molar-refractivity contribution < 1.29 is 17.7 Å². The van der Waals surface area contributed by atoms with Gasteiger partial charge in [0, 0.05) is 19.8 Å². The van der Waals surface area contributed by atoms with Crippen LogP contribution < -0.4 is 0 Å². The molecule has 0 amide bonds. The first kappa shape index (κ1) is 31.4. The highest BCUT2D eigenvalue weighted by Crippen LogP contribution is 2.38.